The Kier molecular flexibility index (Phi) is 66.9. The van der Waals surface area contributed by atoms with E-state index >= 15 is 0 Å². The van der Waals surface area contributed by atoms with Gasteiger partial charge in [0.2, 0.25) is 5.91 Å². The number of aliphatic hydroxyl groups excluding tert-OH is 2. The lowest BCUT2D eigenvalue weighted by Crippen LogP contribution is -2.45. The standard InChI is InChI=1S/C73H139NO5/c1-3-5-7-9-11-13-15-17-19-21-22-23-24-25-28-31-34-37-41-45-49-53-57-61-65-71(76)70(69-75)74-72(77)66-62-58-54-50-46-42-38-35-32-29-26-27-30-33-36-40-44-48-52-56-60-64-68-79-73(78)67-63-59-55-51-47-43-39-20-18-16-14-12-10-8-6-4-2/h14,16,20,29,32,39,70-71,75-76H,3-13,15,17-19,21-28,30-31,33-38,40-69H2,1-2H3,(H,74,77)/b16-14-,32-29-,39-20-. The Labute approximate surface area is 494 Å². The molecule has 2 unspecified atom stereocenters. The van der Waals surface area contributed by atoms with Gasteiger partial charge in [-0.2, -0.15) is 0 Å². The molecule has 0 aromatic rings. The summed E-state index contributed by atoms with van der Waals surface area (Å²) < 4.78 is 5.49. The molecular formula is C73H139NO5. The molecule has 0 heterocycles. The van der Waals surface area contributed by atoms with Crippen LogP contribution in [0.15, 0.2) is 36.5 Å². The fourth-order valence-electron chi connectivity index (χ4n) is 11.2. The third-order valence-electron chi connectivity index (χ3n) is 16.7. The van der Waals surface area contributed by atoms with Crippen molar-refractivity contribution in [1.29, 1.82) is 0 Å². The summed E-state index contributed by atoms with van der Waals surface area (Å²) in [6.45, 7) is 4.96. The van der Waals surface area contributed by atoms with Gasteiger partial charge >= 0.3 is 5.97 Å². The van der Waals surface area contributed by atoms with Crippen LogP contribution in [0.2, 0.25) is 0 Å². The van der Waals surface area contributed by atoms with E-state index < -0.39 is 12.1 Å². The molecule has 0 aromatic heterocycles. The van der Waals surface area contributed by atoms with Crippen LogP contribution in [-0.4, -0.2) is 47.4 Å². The van der Waals surface area contributed by atoms with E-state index in [1.807, 2.05) is 0 Å². The number of ether oxygens (including phenoxy) is 1. The minimum atomic E-state index is -0.671. The third-order valence-corrected chi connectivity index (χ3v) is 16.7. The molecule has 3 N–H and O–H groups in total. The number of rotatable bonds is 67. The third kappa shape index (κ3) is 65.1. The van der Waals surface area contributed by atoms with Crippen molar-refractivity contribution in [1.82, 2.24) is 5.32 Å². The summed E-state index contributed by atoms with van der Waals surface area (Å²) in [7, 11) is 0. The molecule has 6 heteroatoms. The second kappa shape index (κ2) is 68.6. The molecule has 0 rings (SSSR count). The molecule has 0 saturated heterocycles. The maximum atomic E-state index is 12.6. The van der Waals surface area contributed by atoms with Crippen molar-refractivity contribution in [2.24, 2.45) is 0 Å². The van der Waals surface area contributed by atoms with E-state index in [9.17, 15) is 19.8 Å². The number of amides is 1. The molecule has 0 radical (unpaired) electrons. The highest BCUT2D eigenvalue weighted by Crippen LogP contribution is 2.19. The van der Waals surface area contributed by atoms with Gasteiger partial charge in [-0.15, -0.1) is 0 Å². The largest absolute Gasteiger partial charge is 0.466 e. The normalized spacial score (nSPS) is 12.7. The van der Waals surface area contributed by atoms with E-state index in [0.29, 0.717) is 25.9 Å². The molecule has 0 aliphatic carbocycles. The monoisotopic (exact) mass is 1110 g/mol. The Balaban J connectivity index is 3.42. The van der Waals surface area contributed by atoms with Crippen LogP contribution in [0, 0.1) is 0 Å². The van der Waals surface area contributed by atoms with Crippen molar-refractivity contribution in [3.05, 3.63) is 36.5 Å². The van der Waals surface area contributed by atoms with Gasteiger partial charge in [-0.25, -0.2) is 0 Å². The number of carbonyl (C=O) groups excluding carboxylic acids is 2. The molecule has 1 amide bonds. The molecule has 466 valence electrons. The molecule has 6 nitrogen and oxygen atoms in total. The van der Waals surface area contributed by atoms with Gasteiger partial charge in [0.1, 0.15) is 0 Å². The van der Waals surface area contributed by atoms with Crippen LogP contribution >= 0.6 is 0 Å². The number of unbranched alkanes of at least 4 members (excludes halogenated alkanes) is 50. The zero-order chi connectivity index (χ0) is 57.1. The first-order valence-electron chi connectivity index (χ1n) is 35.7. The molecule has 0 aliphatic heterocycles. The fourth-order valence-corrected chi connectivity index (χ4v) is 11.2. The first kappa shape index (κ1) is 77.1. The number of carbonyl (C=O) groups is 2. The van der Waals surface area contributed by atoms with Crippen LogP contribution < -0.4 is 5.32 Å². The maximum absolute atomic E-state index is 12.6. The van der Waals surface area contributed by atoms with Crippen LogP contribution in [0.25, 0.3) is 0 Å². The van der Waals surface area contributed by atoms with Crippen molar-refractivity contribution in [2.75, 3.05) is 13.2 Å². The lowest BCUT2D eigenvalue weighted by molar-refractivity contribution is -0.143. The number of hydrogen-bond acceptors (Lipinski definition) is 5. The minimum Gasteiger partial charge on any atom is -0.466 e. The van der Waals surface area contributed by atoms with Gasteiger partial charge in [0.15, 0.2) is 0 Å². The summed E-state index contributed by atoms with van der Waals surface area (Å²) in [5, 5.41) is 23.4. The SMILES string of the molecule is CCCCCC/C=C\C/C=C\CCCCCCCC(=O)OCCCCCCCCCCCCC/C=C\CCCCCCCCCC(=O)NC(CO)C(O)CCCCCCCCCCCCCCCCCCCCCCCCCC. The van der Waals surface area contributed by atoms with Gasteiger partial charge in [0.05, 0.1) is 25.4 Å². The Morgan fingerprint density at radius 1 is 0.354 bits per heavy atom. The van der Waals surface area contributed by atoms with Crippen molar-refractivity contribution in [3.8, 4) is 0 Å². The first-order chi connectivity index (χ1) is 39.0. The Bertz CT molecular complexity index is 1280. The van der Waals surface area contributed by atoms with E-state index in [1.165, 1.54) is 308 Å². The number of aliphatic hydroxyl groups is 2. The van der Waals surface area contributed by atoms with Gasteiger partial charge in [-0.05, 0) is 83.5 Å². The molecule has 0 spiro atoms. The highest BCUT2D eigenvalue weighted by atomic mass is 16.5. The van der Waals surface area contributed by atoms with E-state index in [2.05, 4.69) is 55.6 Å². The lowest BCUT2D eigenvalue weighted by Gasteiger charge is -2.22. The Morgan fingerprint density at radius 3 is 0.987 bits per heavy atom. The summed E-state index contributed by atoms with van der Waals surface area (Å²) in [5.74, 6) is -0.0408. The average molecular weight is 1110 g/mol. The van der Waals surface area contributed by atoms with Crippen molar-refractivity contribution >= 4 is 11.9 Å². The van der Waals surface area contributed by atoms with Crippen molar-refractivity contribution < 1.29 is 24.5 Å². The van der Waals surface area contributed by atoms with E-state index in [0.717, 1.165) is 51.4 Å². The van der Waals surface area contributed by atoms with Crippen molar-refractivity contribution in [2.45, 2.75) is 405 Å². The first-order valence-corrected chi connectivity index (χ1v) is 35.7. The quantitative estimate of drug-likeness (QED) is 0.0320. The summed E-state index contributed by atoms with van der Waals surface area (Å²) >= 11 is 0. The van der Waals surface area contributed by atoms with Crippen LogP contribution in [0.4, 0.5) is 0 Å². The van der Waals surface area contributed by atoms with Crippen molar-refractivity contribution in [3.63, 3.8) is 0 Å². The lowest BCUT2D eigenvalue weighted by atomic mass is 10.0. The van der Waals surface area contributed by atoms with Gasteiger partial charge in [0.25, 0.3) is 0 Å². The molecule has 0 fully saturated rings. The molecule has 0 aromatic carbocycles. The Morgan fingerprint density at radius 2 is 0.633 bits per heavy atom. The zero-order valence-electron chi connectivity index (χ0n) is 53.4. The number of allylic oxidation sites excluding steroid dienone is 6. The molecule has 79 heavy (non-hydrogen) atoms. The summed E-state index contributed by atoms with van der Waals surface area (Å²) in [5.41, 5.74) is 0. The number of esters is 1. The highest BCUT2D eigenvalue weighted by molar-refractivity contribution is 5.76. The fraction of sp³-hybridized carbons (Fsp3) is 0.890. The van der Waals surface area contributed by atoms with Crippen LogP contribution in [0.1, 0.15) is 393 Å². The predicted molar refractivity (Wildman–Crippen MR) is 347 cm³/mol. The van der Waals surface area contributed by atoms with Gasteiger partial charge < -0.3 is 20.3 Å². The minimum absolute atomic E-state index is 0.00277. The van der Waals surface area contributed by atoms with Crippen LogP contribution in [0.3, 0.4) is 0 Å². The summed E-state index contributed by atoms with van der Waals surface area (Å²) in [6.07, 6.45) is 87.6. The molecule has 0 saturated carbocycles. The molecule has 0 bridgehead atoms. The van der Waals surface area contributed by atoms with Crippen LogP contribution in [0.5, 0.6) is 0 Å². The highest BCUT2D eigenvalue weighted by Gasteiger charge is 2.20. The van der Waals surface area contributed by atoms with E-state index in [1.54, 1.807) is 0 Å². The number of hydrogen-bond donors (Lipinski definition) is 3. The van der Waals surface area contributed by atoms with Gasteiger partial charge in [-0.3, -0.25) is 9.59 Å². The summed E-state index contributed by atoms with van der Waals surface area (Å²) in [6, 6.07) is -0.549. The predicted octanol–water partition coefficient (Wildman–Crippen LogP) is 23.1. The van der Waals surface area contributed by atoms with Gasteiger partial charge in [-0.1, -0.05) is 333 Å². The second-order valence-electron chi connectivity index (χ2n) is 24.6. The topological polar surface area (TPSA) is 95.9 Å². The zero-order valence-corrected chi connectivity index (χ0v) is 53.4. The maximum Gasteiger partial charge on any atom is 0.305 e. The second-order valence-corrected chi connectivity index (χ2v) is 24.6. The molecule has 0 aliphatic rings. The Hall–Kier alpha value is -1.92. The molecular weight excluding hydrogens is 971 g/mol. The van der Waals surface area contributed by atoms with E-state index in [4.69, 9.17) is 4.74 Å². The molecule has 2 atom stereocenters. The van der Waals surface area contributed by atoms with Crippen LogP contribution in [-0.2, 0) is 14.3 Å². The van der Waals surface area contributed by atoms with E-state index in [-0.39, 0.29) is 18.5 Å². The van der Waals surface area contributed by atoms with Gasteiger partial charge in [0, 0.05) is 12.8 Å². The number of nitrogens with one attached hydrogen (secondary N) is 1. The summed E-state index contributed by atoms with van der Waals surface area (Å²) in [4.78, 5) is 24.6. The smallest absolute Gasteiger partial charge is 0.305 e. The average Bonchev–Trinajstić information content (AvgIpc) is 3.45.